The molecule has 0 saturated heterocycles. The van der Waals surface area contributed by atoms with E-state index < -0.39 is 11.9 Å². The molecule has 1 aromatic carbocycles. The number of hydrogen-bond acceptors (Lipinski definition) is 3. The average molecular weight is 256 g/mol. The maximum Gasteiger partial charge on any atom is 0.142 e. The van der Waals surface area contributed by atoms with Crippen molar-refractivity contribution in [3.05, 3.63) is 46.4 Å². The van der Waals surface area contributed by atoms with Crippen molar-refractivity contribution in [3.8, 4) is 0 Å². The van der Waals surface area contributed by atoms with Gasteiger partial charge in [-0.05, 0) is 17.7 Å². The van der Waals surface area contributed by atoms with E-state index in [0.29, 0.717) is 16.9 Å². The highest BCUT2D eigenvalue weighted by Crippen LogP contribution is 2.23. The van der Waals surface area contributed by atoms with Crippen molar-refractivity contribution in [1.29, 1.82) is 0 Å². The number of aliphatic hydroxyl groups excluding tert-OH is 1. The lowest BCUT2D eigenvalue weighted by Gasteiger charge is -2.09. The van der Waals surface area contributed by atoms with E-state index in [9.17, 15) is 9.50 Å². The van der Waals surface area contributed by atoms with Crippen LogP contribution in [0.15, 0.2) is 24.4 Å². The van der Waals surface area contributed by atoms with Crippen LogP contribution in [-0.2, 0) is 6.42 Å². The number of hydrogen-bond donors (Lipinski definition) is 3. The Hall–Kier alpha value is -1.59. The summed E-state index contributed by atoms with van der Waals surface area (Å²) in [5, 5.41) is 16.2. The first-order valence-corrected chi connectivity index (χ1v) is 5.36. The first kappa shape index (κ1) is 11.9. The standard InChI is InChI=1S/C11H11ClFN3O/c12-8-2-1-6(3-9(8)13)4-10(17)7-5-15-16-11(7)14/h1-3,5,10,17H,4H2,(H3,14,15,16). The number of nitrogens with zero attached hydrogens (tertiary/aromatic N) is 1. The lowest BCUT2D eigenvalue weighted by atomic mass is 10.0. The average Bonchev–Trinajstić information content (AvgIpc) is 2.70. The number of aromatic amines is 1. The molecule has 0 aliphatic heterocycles. The summed E-state index contributed by atoms with van der Waals surface area (Å²) in [6, 6.07) is 4.41. The summed E-state index contributed by atoms with van der Waals surface area (Å²) in [4.78, 5) is 0. The van der Waals surface area contributed by atoms with E-state index in [4.69, 9.17) is 17.3 Å². The predicted octanol–water partition coefficient (Wildman–Crippen LogP) is 2.06. The Bertz CT molecular complexity index is 529. The molecule has 6 heteroatoms. The summed E-state index contributed by atoms with van der Waals surface area (Å²) in [5.41, 5.74) is 6.72. The number of anilines is 1. The third kappa shape index (κ3) is 2.57. The Balaban J connectivity index is 2.16. The van der Waals surface area contributed by atoms with Crippen LogP contribution in [0.4, 0.5) is 10.2 Å². The summed E-state index contributed by atoms with van der Waals surface area (Å²) < 4.78 is 13.2. The zero-order chi connectivity index (χ0) is 12.4. The fraction of sp³-hybridized carbons (Fsp3) is 0.182. The van der Waals surface area contributed by atoms with Gasteiger partial charge < -0.3 is 10.8 Å². The minimum Gasteiger partial charge on any atom is -0.388 e. The van der Waals surface area contributed by atoms with Crippen LogP contribution in [0.5, 0.6) is 0 Å². The summed E-state index contributed by atoms with van der Waals surface area (Å²) in [6.45, 7) is 0. The van der Waals surface area contributed by atoms with Crippen LogP contribution in [0.2, 0.25) is 5.02 Å². The summed E-state index contributed by atoms with van der Waals surface area (Å²) in [6.07, 6.45) is 0.874. The van der Waals surface area contributed by atoms with Gasteiger partial charge in [0.25, 0.3) is 0 Å². The number of halogens is 2. The Morgan fingerprint density at radius 2 is 2.29 bits per heavy atom. The SMILES string of the molecule is Nc1[nH]ncc1C(O)Cc1ccc(Cl)c(F)c1. The first-order chi connectivity index (χ1) is 8.08. The van der Waals surface area contributed by atoms with Crippen LogP contribution >= 0.6 is 11.6 Å². The molecule has 1 unspecified atom stereocenters. The third-order valence-corrected chi connectivity index (χ3v) is 2.78. The van der Waals surface area contributed by atoms with E-state index in [1.807, 2.05) is 0 Å². The van der Waals surface area contributed by atoms with Crippen LogP contribution in [0, 0.1) is 5.82 Å². The first-order valence-electron chi connectivity index (χ1n) is 4.98. The van der Waals surface area contributed by atoms with E-state index in [0.717, 1.165) is 0 Å². The van der Waals surface area contributed by atoms with Crippen LogP contribution < -0.4 is 5.73 Å². The topological polar surface area (TPSA) is 74.9 Å². The molecular weight excluding hydrogens is 245 g/mol. The van der Waals surface area contributed by atoms with Crippen molar-refractivity contribution >= 4 is 17.4 Å². The van der Waals surface area contributed by atoms with Gasteiger partial charge in [0, 0.05) is 12.0 Å². The minimum absolute atomic E-state index is 0.0612. The molecule has 1 atom stereocenters. The Morgan fingerprint density at radius 3 is 2.88 bits per heavy atom. The van der Waals surface area contributed by atoms with E-state index >= 15 is 0 Å². The van der Waals surface area contributed by atoms with Crippen LogP contribution in [-0.4, -0.2) is 15.3 Å². The van der Waals surface area contributed by atoms with Crippen LogP contribution in [0.25, 0.3) is 0 Å². The van der Waals surface area contributed by atoms with Gasteiger partial charge in [0.15, 0.2) is 0 Å². The zero-order valence-corrected chi connectivity index (χ0v) is 9.58. The summed E-state index contributed by atoms with van der Waals surface area (Å²) in [7, 11) is 0. The van der Waals surface area contributed by atoms with E-state index in [-0.39, 0.29) is 11.4 Å². The Kier molecular flexibility index (Phi) is 3.31. The number of nitrogen functional groups attached to an aromatic ring is 1. The van der Waals surface area contributed by atoms with Crippen LogP contribution in [0.1, 0.15) is 17.2 Å². The highest BCUT2D eigenvalue weighted by molar-refractivity contribution is 6.30. The number of aliphatic hydroxyl groups is 1. The van der Waals surface area contributed by atoms with Gasteiger partial charge in [-0.1, -0.05) is 17.7 Å². The molecule has 0 amide bonds. The molecule has 0 radical (unpaired) electrons. The number of benzene rings is 1. The Morgan fingerprint density at radius 1 is 1.53 bits per heavy atom. The molecular formula is C11H11ClFN3O. The van der Waals surface area contributed by atoms with Crippen molar-refractivity contribution < 1.29 is 9.50 Å². The number of nitrogens with one attached hydrogen (secondary N) is 1. The highest BCUT2D eigenvalue weighted by Gasteiger charge is 2.14. The molecule has 0 aliphatic rings. The zero-order valence-electron chi connectivity index (χ0n) is 8.82. The molecule has 4 nitrogen and oxygen atoms in total. The molecule has 90 valence electrons. The second-order valence-corrected chi connectivity index (χ2v) is 4.11. The van der Waals surface area contributed by atoms with Gasteiger partial charge in [-0.15, -0.1) is 0 Å². The number of rotatable bonds is 3. The Labute approximate surface area is 102 Å². The number of H-pyrrole nitrogens is 1. The van der Waals surface area contributed by atoms with Crippen molar-refractivity contribution in [1.82, 2.24) is 10.2 Å². The van der Waals surface area contributed by atoms with Gasteiger partial charge in [-0.3, -0.25) is 5.10 Å². The predicted molar refractivity (Wildman–Crippen MR) is 63.1 cm³/mol. The summed E-state index contributed by atoms with van der Waals surface area (Å²) in [5.74, 6) is -0.191. The van der Waals surface area contributed by atoms with Gasteiger partial charge in [-0.2, -0.15) is 5.10 Å². The normalized spacial score (nSPS) is 12.6. The highest BCUT2D eigenvalue weighted by atomic mass is 35.5. The fourth-order valence-corrected chi connectivity index (χ4v) is 1.69. The third-order valence-electron chi connectivity index (χ3n) is 2.47. The smallest absolute Gasteiger partial charge is 0.142 e. The van der Waals surface area contributed by atoms with Gasteiger partial charge in [0.05, 0.1) is 17.3 Å². The molecule has 1 heterocycles. The maximum atomic E-state index is 13.2. The lowest BCUT2D eigenvalue weighted by molar-refractivity contribution is 0.179. The molecule has 0 saturated carbocycles. The second kappa shape index (κ2) is 4.73. The number of nitrogens with two attached hydrogens (primary N) is 1. The molecule has 2 rings (SSSR count). The molecule has 0 fully saturated rings. The molecule has 2 aromatic rings. The molecule has 17 heavy (non-hydrogen) atoms. The van der Waals surface area contributed by atoms with E-state index in [2.05, 4.69) is 10.2 Å². The molecule has 4 N–H and O–H groups in total. The monoisotopic (exact) mass is 255 g/mol. The van der Waals surface area contributed by atoms with Crippen molar-refractivity contribution in [2.75, 3.05) is 5.73 Å². The van der Waals surface area contributed by atoms with Gasteiger partial charge >= 0.3 is 0 Å². The van der Waals surface area contributed by atoms with Gasteiger partial charge in [-0.25, -0.2) is 4.39 Å². The van der Waals surface area contributed by atoms with Crippen molar-refractivity contribution in [2.45, 2.75) is 12.5 Å². The quantitative estimate of drug-likeness (QED) is 0.786. The van der Waals surface area contributed by atoms with E-state index in [1.54, 1.807) is 6.07 Å². The summed E-state index contributed by atoms with van der Waals surface area (Å²) >= 11 is 5.57. The molecule has 0 bridgehead atoms. The molecule has 1 aromatic heterocycles. The largest absolute Gasteiger partial charge is 0.388 e. The van der Waals surface area contributed by atoms with Gasteiger partial charge in [0.1, 0.15) is 11.6 Å². The lowest BCUT2D eigenvalue weighted by Crippen LogP contribution is -2.04. The van der Waals surface area contributed by atoms with Gasteiger partial charge in [0.2, 0.25) is 0 Å². The maximum absolute atomic E-state index is 13.2. The van der Waals surface area contributed by atoms with Crippen LogP contribution in [0.3, 0.4) is 0 Å². The number of aromatic nitrogens is 2. The minimum atomic E-state index is -0.825. The van der Waals surface area contributed by atoms with E-state index in [1.165, 1.54) is 18.3 Å². The fourth-order valence-electron chi connectivity index (χ4n) is 1.57. The van der Waals surface area contributed by atoms with Crippen molar-refractivity contribution in [2.24, 2.45) is 0 Å². The second-order valence-electron chi connectivity index (χ2n) is 3.71. The molecule has 0 spiro atoms. The molecule has 0 aliphatic carbocycles. The van der Waals surface area contributed by atoms with Crippen molar-refractivity contribution in [3.63, 3.8) is 0 Å².